The van der Waals surface area contributed by atoms with Gasteiger partial charge in [-0.1, -0.05) is 6.92 Å². The maximum Gasteiger partial charge on any atom is 0.408 e. The molecule has 0 bridgehead atoms. The molecule has 134 valence electrons. The van der Waals surface area contributed by atoms with Crippen LogP contribution in [0.2, 0.25) is 0 Å². The van der Waals surface area contributed by atoms with Crippen molar-refractivity contribution in [3.63, 3.8) is 0 Å². The Bertz CT molecular complexity index is 598. The van der Waals surface area contributed by atoms with Crippen molar-refractivity contribution in [3.05, 3.63) is 23.7 Å². The van der Waals surface area contributed by atoms with E-state index in [0.29, 0.717) is 18.6 Å². The molecule has 2 amide bonds. The molecule has 1 saturated heterocycles. The number of alkyl halides is 3. The SMILES string of the molecule is CCCc1occc1C(=O)N1C[C@H](NC(C)=O)CC[C@H]1C(F)(F)F. The lowest BCUT2D eigenvalue weighted by atomic mass is 9.96. The third-order valence-corrected chi connectivity index (χ3v) is 4.08. The Morgan fingerprint density at radius 1 is 1.38 bits per heavy atom. The summed E-state index contributed by atoms with van der Waals surface area (Å²) in [6.45, 7) is 3.03. The van der Waals surface area contributed by atoms with E-state index in [0.717, 1.165) is 4.90 Å². The number of hydrogen-bond donors (Lipinski definition) is 1. The van der Waals surface area contributed by atoms with Crippen molar-refractivity contribution < 1.29 is 27.2 Å². The number of likely N-dealkylation sites (tertiary alicyclic amines) is 1. The molecule has 0 aromatic carbocycles. The van der Waals surface area contributed by atoms with Crippen LogP contribution < -0.4 is 5.32 Å². The maximum absolute atomic E-state index is 13.3. The highest BCUT2D eigenvalue weighted by atomic mass is 19.4. The number of aryl methyl sites for hydroxylation is 1. The summed E-state index contributed by atoms with van der Waals surface area (Å²) in [7, 11) is 0. The van der Waals surface area contributed by atoms with Gasteiger partial charge < -0.3 is 14.6 Å². The van der Waals surface area contributed by atoms with Gasteiger partial charge in [-0.05, 0) is 25.3 Å². The zero-order valence-electron chi connectivity index (χ0n) is 13.7. The van der Waals surface area contributed by atoms with E-state index in [1.807, 2.05) is 6.92 Å². The van der Waals surface area contributed by atoms with Gasteiger partial charge in [0.1, 0.15) is 11.8 Å². The summed E-state index contributed by atoms with van der Waals surface area (Å²) < 4.78 is 45.2. The molecular formula is C16H21F3N2O3. The first kappa shape index (κ1) is 18.4. The number of carbonyl (C=O) groups excluding carboxylic acids is 2. The number of piperidine rings is 1. The Labute approximate surface area is 138 Å². The normalized spacial score (nSPS) is 21.6. The molecule has 0 aliphatic carbocycles. The van der Waals surface area contributed by atoms with Crippen LogP contribution >= 0.6 is 0 Å². The monoisotopic (exact) mass is 346 g/mol. The van der Waals surface area contributed by atoms with Crippen LogP contribution in [-0.4, -0.2) is 41.5 Å². The first-order valence-electron chi connectivity index (χ1n) is 7.95. The summed E-state index contributed by atoms with van der Waals surface area (Å²) >= 11 is 0. The molecule has 8 heteroatoms. The number of nitrogens with zero attached hydrogens (tertiary/aromatic N) is 1. The van der Waals surface area contributed by atoms with Gasteiger partial charge in [-0.15, -0.1) is 0 Å². The number of rotatable bonds is 4. The third kappa shape index (κ3) is 4.10. The molecule has 24 heavy (non-hydrogen) atoms. The van der Waals surface area contributed by atoms with Gasteiger partial charge in [0.25, 0.3) is 5.91 Å². The largest absolute Gasteiger partial charge is 0.469 e. The fourth-order valence-electron chi connectivity index (χ4n) is 3.05. The highest BCUT2D eigenvalue weighted by molar-refractivity contribution is 5.95. The van der Waals surface area contributed by atoms with Gasteiger partial charge in [-0.25, -0.2) is 0 Å². The molecule has 2 atom stereocenters. The predicted molar refractivity (Wildman–Crippen MR) is 80.4 cm³/mol. The Balaban J connectivity index is 2.27. The fourth-order valence-corrected chi connectivity index (χ4v) is 3.05. The van der Waals surface area contributed by atoms with Crippen molar-refractivity contribution in [2.45, 2.75) is 57.8 Å². The minimum atomic E-state index is -4.51. The second kappa shape index (κ2) is 7.27. The van der Waals surface area contributed by atoms with Crippen LogP contribution in [0.1, 0.15) is 49.2 Å². The summed E-state index contributed by atoms with van der Waals surface area (Å²) in [5.41, 5.74) is 0.162. The number of carbonyl (C=O) groups is 2. The van der Waals surface area contributed by atoms with Crippen LogP contribution in [0.3, 0.4) is 0 Å². The Hall–Kier alpha value is -1.99. The van der Waals surface area contributed by atoms with Gasteiger partial charge in [0.2, 0.25) is 5.91 Å². The van der Waals surface area contributed by atoms with Crippen LogP contribution in [0, 0.1) is 0 Å². The molecule has 1 fully saturated rings. The van der Waals surface area contributed by atoms with Gasteiger partial charge in [0.15, 0.2) is 0 Å². The maximum atomic E-state index is 13.3. The number of halogens is 3. The molecular weight excluding hydrogens is 325 g/mol. The van der Waals surface area contributed by atoms with E-state index in [1.165, 1.54) is 19.3 Å². The molecule has 0 unspecified atom stereocenters. The molecule has 1 N–H and O–H groups in total. The lowest BCUT2D eigenvalue weighted by molar-refractivity contribution is -0.184. The topological polar surface area (TPSA) is 62.6 Å². The number of hydrogen-bond acceptors (Lipinski definition) is 3. The zero-order valence-corrected chi connectivity index (χ0v) is 13.7. The molecule has 0 spiro atoms. The minimum absolute atomic E-state index is 0.162. The second-order valence-corrected chi connectivity index (χ2v) is 6.00. The van der Waals surface area contributed by atoms with E-state index >= 15 is 0 Å². The number of amides is 2. The molecule has 0 radical (unpaired) electrons. The van der Waals surface area contributed by atoms with Crippen LogP contribution in [0.4, 0.5) is 13.2 Å². The summed E-state index contributed by atoms with van der Waals surface area (Å²) in [5, 5.41) is 2.60. The van der Waals surface area contributed by atoms with E-state index in [-0.39, 0.29) is 30.9 Å². The van der Waals surface area contributed by atoms with Crippen molar-refractivity contribution in [1.29, 1.82) is 0 Å². The summed E-state index contributed by atoms with van der Waals surface area (Å²) in [6.07, 6.45) is -2.05. The predicted octanol–water partition coefficient (Wildman–Crippen LogP) is 2.90. The summed E-state index contributed by atoms with van der Waals surface area (Å²) in [6, 6.07) is -0.922. The van der Waals surface area contributed by atoms with E-state index in [9.17, 15) is 22.8 Å². The number of nitrogens with one attached hydrogen (secondary N) is 1. The molecule has 1 aliphatic heterocycles. The van der Waals surface area contributed by atoms with Crippen molar-refractivity contribution in [2.24, 2.45) is 0 Å². The highest BCUT2D eigenvalue weighted by Gasteiger charge is 2.48. The van der Waals surface area contributed by atoms with Gasteiger partial charge >= 0.3 is 6.18 Å². The molecule has 0 saturated carbocycles. The van der Waals surface area contributed by atoms with E-state index < -0.39 is 24.2 Å². The lowest BCUT2D eigenvalue weighted by Crippen LogP contribution is -2.58. The second-order valence-electron chi connectivity index (χ2n) is 6.00. The quantitative estimate of drug-likeness (QED) is 0.912. The third-order valence-electron chi connectivity index (χ3n) is 4.08. The van der Waals surface area contributed by atoms with Crippen molar-refractivity contribution in [2.75, 3.05) is 6.54 Å². The molecule has 1 aromatic heterocycles. The van der Waals surface area contributed by atoms with E-state index in [1.54, 1.807) is 0 Å². The first-order valence-corrected chi connectivity index (χ1v) is 7.95. The first-order chi connectivity index (χ1) is 11.2. The molecule has 2 heterocycles. The molecule has 1 aliphatic rings. The van der Waals surface area contributed by atoms with Crippen LogP contribution in [0.15, 0.2) is 16.7 Å². The Morgan fingerprint density at radius 3 is 2.67 bits per heavy atom. The number of furan rings is 1. The van der Waals surface area contributed by atoms with Crippen LogP contribution in [0.5, 0.6) is 0 Å². The van der Waals surface area contributed by atoms with Crippen LogP contribution in [-0.2, 0) is 11.2 Å². The minimum Gasteiger partial charge on any atom is -0.469 e. The van der Waals surface area contributed by atoms with Crippen molar-refractivity contribution >= 4 is 11.8 Å². The van der Waals surface area contributed by atoms with Crippen LogP contribution in [0.25, 0.3) is 0 Å². The van der Waals surface area contributed by atoms with Gasteiger partial charge in [-0.3, -0.25) is 9.59 Å². The van der Waals surface area contributed by atoms with Gasteiger partial charge in [0.05, 0.1) is 11.8 Å². The van der Waals surface area contributed by atoms with E-state index in [4.69, 9.17) is 4.42 Å². The van der Waals surface area contributed by atoms with Gasteiger partial charge in [0, 0.05) is 25.9 Å². The lowest BCUT2D eigenvalue weighted by Gasteiger charge is -2.40. The van der Waals surface area contributed by atoms with Crippen molar-refractivity contribution in [1.82, 2.24) is 10.2 Å². The summed E-state index contributed by atoms with van der Waals surface area (Å²) in [4.78, 5) is 24.7. The average molecular weight is 346 g/mol. The molecule has 5 nitrogen and oxygen atoms in total. The standard InChI is InChI=1S/C16H21F3N2O3/c1-3-4-13-12(7-8-24-13)15(23)21-9-11(20-10(2)22)5-6-14(21)16(17,18)19/h7-8,11,14H,3-6,9H2,1-2H3,(H,20,22)/t11-,14+/m1/s1. The smallest absolute Gasteiger partial charge is 0.408 e. The van der Waals surface area contributed by atoms with Gasteiger partial charge in [-0.2, -0.15) is 13.2 Å². The molecule has 2 rings (SSSR count). The fraction of sp³-hybridized carbons (Fsp3) is 0.625. The van der Waals surface area contributed by atoms with Crippen molar-refractivity contribution in [3.8, 4) is 0 Å². The molecule has 1 aromatic rings. The Kier molecular flexibility index (Phi) is 5.56. The average Bonchev–Trinajstić information content (AvgIpc) is 2.93. The summed E-state index contributed by atoms with van der Waals surface area (Å²) in [5.74, 6) is -0.637. The Morgan fingerprint density at radius 2 is 2.08 bits per heavy atom. The highest BCUT2D eigenvalue weighted by Crippen LogP contribution is 2.33. The van der Waals surface area contributed by atoms with E-state index in [2.05, 4.69) is 5.32 Å². The zero-order chi connectivity index (χ0) is 17.9.